The molecule has 0 radical (unpaired) electrons. The van der Waals surface area contributed by atoms with E-state index >= 15 is 0 Å². The fraction of sp³-hybridized carbons (Fsp3) is 0.571. The lowest BCUT2D eigenvalue weighted by molar-refractivity contribution is 0.321. The van der Waals surface area contributed by atoms with Crippen LogP contribution in [0.5, 0.6) is 5.75 Å². The molecule has 100 valence electrons. The van der Waals surface area contributed by atoms with Crippen molar-refractivity contribution in [2.75, 3.05) is 31.1 Å². The van der Waals surface area contributed by atoms with Crippen LogP contribution < -0.4 is 15.0 Å². The lowest BCUT2D eigenvalue weighted by Gasteiger charge is -2.19. The van der Waals surface area contributed by atoms with E-state index in [0.717, 1.165) is 31.7 Å². The summed E-state index contributed by atoms with van der Waals surface area (Å²) in [5.74, 6) is 0.0601. The summed E-state index contributed by atoms with van der Waals surface area (Å²) in [4.78, 5) is 2.21. The Bertz CT molecular complexity index is 397. The lowest BCUT2D eigenvalue weighted by atomic mass is 10.2. The number of halogens is 1. The molecule has 1 saturated heterocycles. The van der Waals surface area contributed by atoms with Crippen molar-refractivity contribution in [3.63, 3.8) is 0 Å². The first kappa shape index (κ1) is 13.1. The number of anilines is 1. The Morgan fingerprint density at radius 2 is 2.28 bits per heavy atom. The summed E-state index contributed by atoms with van der Waals surface area (Å²) in [6.07, 6.45) is 1.11. The van der Waals surface area contributed by atoms with Gasteiger partial charge in [-0.15, -0.1) is 0 Å². The summed E-state index contributed by atoms with van der Waals surface area (Å²) in [6, 6.07) is 5.74. The largest absolute Gasteiger partial charge is 0.491 e. The molecule has 1 unspecified atom stereocenters. The molecule has 2 rings (SSSR count). The highest BCUT2D eigenvalue weighted by Gasteiger charge is 2.22. The van der Waals surface area contributed by atoms with Crippen LogP contribution in [0, 0.1) is 5.82 Å². The molecular formula is C14H21FN2O. The molecule has 1 N–H and O–H groups in total. The van der Waals surface area contributed by atoms with E-state index in [1.807, 2.05) is 13.0 Å². The Balaban J connectivity index is 2.04. The van der Waals surface area contributed by atoms with Crippen LogP contribution in [0.15, 0.2) is 18.2 Å². The van der Waals surface area contributed by atoms with Gasteiger partial charge in [0.15, 0.2) is 11.6 Å². The second-order valence-corrected chi connectivity index (χ2v) is 4.54. The van der Waals surface area contributed by atoms with Gasteiger partial charge in [-0.2, -0.15) is 0 Å². The first-order valence-corrected chi connectivity index (χ1v) is 6.65. The highest BCUT2D eigenvalue weighted by atomic mass is 19.1. The average Bonchev–Trinajstić information content (AvgIpc) is 2.81. The molecule has 1 aromatic rings. The Labute approximate surface area is 108 Å². The summed E-state index contributed by atoms with van der Waals surface area (Å²) in [5.41, 5.74) is 0.941. The Hall–Kier alpha value is -1.29. The molecule has 0 spiro atoms. The smallest absolute Gasteiger partial charge is 0.167 e. The number of rotatable bonds is 5. The third-order valence-corrected chi connectivity index (χ3v) is 3.26. The monoisotopic (exact) mass is 252 g/mol. The Morgan fingerprint density at radius 1 is 1.44 bits per heavy atom. The summed E-state index contributed by atoms with van der Waals surface area (Å²) in [6.45, 7) is 7.36. The van der Waals surface area contributed by atoms with Crippen molar-refractivity contribution in [2.45, 2.75) is 26.3 Å². The van der Waals surface area contributed by atoms with Crippen LogP contribution in [0.4, 0.5) is 10.1 Å². The highest BCUT2D eigenvalue weighted by Crippen LogP contribution is 2.26. The first-order valence-electron chi connectivity index (χ1n) is 6.65. The summed E-state index contributed by atoms with van der Waals surface area (Å²) in [7, 11) is 0. The topological polar surface area (TPSA) is 24.5 Å². The van der Waals surface area contributed by atoms with Crippen LogP contribution >= 0.6 is 0 Å². The minimum atomic E-state index is -0.277. The summed E-state index contributed by atoms with van der Waals surface area (Å²) >= 11 is 0. The van der Waals surface area contributed by atoms with Gasteiger partial charge in [0.2, 0.25) is 0 Å². The SMILES string of the molecule is CCNC1CCN(c2ccc(OCC)c(F)c2)C1. The van der Waals surface area contributed by atoms with Crippen molar-refractivity contribution in [3.05, 3.63) is 24.0 Å². The van der Waals surface area contributed by atoms with E-state index < -0.39 is 0 Å². The second-order valence-electron chi connectivity index (χ2n) is 4.54. The second kappa shape index (κ2) is 6.05. The molecule has 18 heavy (non-hydrogen) atoms. The van der Waals surface area contributed by atoms with Crippen LogP contribution in [0.3, 0.4) is 0 Å². The van der Waals surface area contributed by atoms with Crippen LogP contribution in [0.2, 0.25) is 0 Å². The molecule has 4 heteroatoms. The van der Waals surface area contributed by atoms with E-state index in [2.05, 4.69) is 17.1 Å². The van der Waals surface area contributed by atoms with Crippen LogP contribution in [0.1, 0.15) is 20.3 Å². The maximum atomic E-state index is 13.8. The number of hydrogen-bond donors (Lipinski definition) is 1. The molecular weight excluding hydrogens is 231 g/mol. The number of hydrogen-bond acceptors (Lipinski definition) is 3. The standard InChI is InChI=1S/C14H21FN2O/c1-3-16-11-7-8-17(10-11)12-5-6-14(18-4-2)13(15)9-12/h5-6,9,11,16H,3-4,7-8,10H2,1-2H3. The number of ether oxygens (including phenoxy) is 1. The molecule has 0 saturated carbocycles. The average molecular weight is 252 g/mol. The van der Waals surface area contributed by atoms with Crippen molar-refractivity contribution in [1.82, 2.24) is 5.32 Å². The molecule has 0 aliphatic carbocycles. The first-order chi connectivity index (χ1) is 8.74. The van der Waals surface area contributed by atoms with E-state index in [1.54, 1.807) is 12.1 Å². The van der Waals surface area contributed by atoms with Gasteiger partial charge < -0.3 is 15.0 Å². The minimum absolute atomic E-state index is 0.277. The molecule has 1 aliphatic heterocycles. The minimum Gasteiger partial charge on any atom is -0.491 e. The zero-order chi connectivity index (χ0) is 13.0. The zero-order valence-electron chi connectivity index (χ0n) is 11.1. The van der Waals surface area contributed by atoms with Crippen molar-refractivity contribution in [3.8, 4) is 5.75 Å². The predicted octanol–water partition coefficient (Wildman–Crippen LogP) is 2.41. The number of nitrogens with one attached hydrogen (secondary N) is 1. The van der Waals surface area contributed by atoms with E-state index in [0.29, 0.717) is 18.4 Å². The van der Waals surface area contributed by atoms with Gasteiger partial charge >= 0.3 is 0 Å². The molecule has 0 aromatic heterocycles. The third-order valence-electron chi connectivity index (χ3n) is 3.26. The van der Waals surface area contributed by atoms with Gasteiger partial charge in [-0.3, -0.25) is 0 Å². The van der Waals surface area contributed by atoms with Crippen LogP contribution in [-0.2, 0) is 0 Å². The van der Waals surface area contributed by atoms with Crippen molar-refractivity contribution in [2.24, 2.45) is 0 Å². The van der Waals surface area contributed by atoms with E-state index in [4.69, 9.17) is 4.74 Å². The fourth-order valence-electron chi connectivity index (χ4n) is 2.41. The maximum Gasteiger partial charge on any atom is 0.167 e. The maximum absolute atomic E-state index is 13.8. The molecule has 1 fully saturated rings. The third kappa shape index (κ3) is 2.93. The predicted molar refractivity (Wildman–Crippen MR) is 71.9 cm³/mol. The van der Waals surface area contributed by atoms with E-state index in [-0.39, 0.29) is 5.82 Å². The Morgan fingerprint density at radius 3 is 2.94 bits per heavy atom. The van der Waals surface area contributed by atoms with Crippen LogP contribution in [0.25, 0.3) is 0 Å². The highest BCUT2D eigenvalue weighted by molar-refractivity contribution is 5.50. The van der Waals surface area contributed by atoms with Gasteiger partial charge in [0.25, 0.3) is 0 Å². The Kier molecular flexibility index (Phi) is 4.42. The molecule has 1 heterocycles. The van der Waals surface area contributed by atoms with Gasteiger partial charge in [-0.05, 0) is 32.0 Å². The summed E-state index contributed by atoms with van der Waals surface area (Å²) < 4.78 is 19.0. The van der Waals surface area contributed by atoms with Gasteiger partial charge in [0, 0.05) is 30.9 Å². The number of benzene rings is 1. The molecule has 0 bridgehead atoms. The normalized spacial score (nSPS) is 19.3. The molecule has 3 nitrogen and oxygen atoms in total. The van der Waals surface area contributed by atoms with Crippen LogP contribution in [-0.4, -0.2) is 32.3 Å². The number of likely N-dealkylation sites (N-methyl/N-ethyl adjacent to an activating group) is 1. The van der Waals surface area contributed by atoms with Gasteiger partial charge in [-0.25, -0.2) is 4.39 Å². The van der Waals surface area contributed by atoms with Crippen molar-refractivity contribution >= 4 is 5.69 Å². The molecule has 1 atom stereocenters. The van der Waals surface area contributed by atoms with E-state index in [1.165, 1.54) is 0 Å². The lowest BCUT2D eigenvalue weighted by Crippen LogP contribution is -2.32. The van der Waals surface area contributed by atoms with Crippen molar-refractivity contribution in [1.29, 1.82) is 0 Å². The van der Waals surface area contributed by atoms with Gasteiger partial charge in [0.05, 0.1) is 6.61 Å². The quantitative estimate of drug-likeness (QED) is 0.871. The zero-order valence-corrected chi connectivity index (χ0v) is 11.1. The summed E-state index contributed by atoms with van der Waals surface area (Å²) in [5, 5.41) is 3.43. The van der Waals surface area contributed by atoms with E-state index in [9.17, 15) is 4.39 Å². The van der Waals surface area contributed by atoms with Gasteiger partial charge in [0.1, 0.15) is 0 Å². The molecule has 1 aromatic carbocycles. The fourth-order valence-corrected chi connectivity index (χ4v) is 2.41. The molecule has 1 aliphatic rings. The number of nitrogens with zero attached hydrogens (tertiary/aromatic N) is 1. The molecule has 0 amide bonds. The van der Waals surface area contributed by atoms with Gasteiger partial charge in [-0.1, -0.05) is 6.92 Å². The van der Waals surface area contributed by atoms with Crippen molar-refractivity contribution < 1.29 is 9.13 Å².